The lowest BCUT2D eigenvalue weighted by Gasteiger charge is -2.26. The average molecular weight is 659 g/mol. The van der Waals surface area contributed by atoms with Gasteiger partial charge in [0.1, 0.15) is 28.1 Å². The Morgan fingerprint density at radius 1 is 1.13 bits per heavy atom. The van der Waals surface area contributed by atoms with Crippen LogP contribution >= 0.6 is 11.3 Å². The Kier molecular flexibility index (Phi) is 8.67. The SMILES string of the molecule is CCOC(=O)[C@@]12C[C@@H]1/C=C\CCCCN(C)C(=O)[C@@H]1C[C@H](Oc3nc(-c4nc(C5CC5)cs4)cc4cc(OC)ccc34)C[C@H]1C(=O)N2. The first-order valence-electron chi connectivity index (χ1n) is 16.8. The predicted octanol–water partition coefficient (Wildman–Crippen LogP) is 5.65. The molecule has 3 aliphatic carbocycles. The highest BCUT2D eigenvalue weighted by atomic mass is 32.1. The number of nitrogens with zero attached hydrogens (tertiary/aromatic N) is 3. The number of ether oxygens (including phenoxy) is 3. The van der Waals surface area contributed by atoms with Gasteiger partial charge in [0.05, 0.1) is 31.2 Å². The number of methoxy groups -OCH3 is 1. The maximum absolute atomic E-state index is 14.0. The summed E-state index contributed by atoms with van der Waals surface area (Å²) >= 11 is 1.58. The van der Waals surface area contributed by atoms with Gasteiger partial charge in [-0.3, -0.25) is 9.59 Å². The van der Waals surface area contributed by atoms with Gasteiger partial charge in [-0.25, -0.2) is 14.8 Å². The number of aromatic nitrogens is 2. The molecule has 47 heavy (non-hydrogen) atoms. The molecule has 3 heterocycles. The fraction of sp³-hybridized carbons (Fsp3) is 0.528. The van der Waals surface area contributed by atoms with Crippen LogP contribution < -0.4 is 14.8 Å². The largest absolute Gasteiger partial charge is 0.497 e. The maximum Gasteiger partial charge on any atom is 0.332 e. The molecule has 10 nitrogen and oxygen atoms in total. The number of amides is 2. The number of rotatable bonds is 7. The van der Waals surface area contributed by atoms with E-state index in [1.165, 1.54) is 12.8 Å². The van der Waals surface area contributed by atoms with Crippen LogP contribution in [0.15, 0.2) is 41.8 Å². The molecule has 3 fully saturated rings. The van der Waals surface area contributed by atoms with Crippen molar-refractivity contribution in [1.82, 2.24) is 20.2 Å². The second kappa shape index (κ2) is 12.9. The Labute approximate surface area is 278 Å². The molecule has 0 unspecified atom stereocenters. The molecule has 0 saturated heterocycles. The summed E-state index contributed by atoms with van der Waals surface area (Å²) in [6.07, 6.45) is 9.82. The van der Waals surface area contributed by atoms with E-state index < -0.39 is 29.4 Å². The van der Waals surface area contributed by atoms with Crippen molar-refractivity contribution in [2.45, 2.75) is 75.9 Å². The fourth-order valence-electron chi connectivity index (χ4n) is 7.10. The molecule has 7 rings (SSSR count). The highest BCUT2D eigenvalue weighted by molar-refractivity contribution is 7.13. The second-order valence-corrected chi connectivity index (χ2v) is 14.2. The highest BCUT2D eigenvalue weighted by Gasteiger charge is 2.62. The van der Waals surface area contributed by atoms with Gasteiger partial charge < -0.3 is 24.4 Å². The summed E-state index contributed by atoms with van der Waals surface area (Å²) in [7, 11) is 3.44. The van der Waals surface area contributed by atoms with E-state index in [1.807, 2.05) is 30.3 Å². The molecular weight excluding hydrogens is 616 g/mol. The summed E-state index contributed by atoms with van der Waals surface area (Å²) in [5.74, 6) is -0.486. The van der Waals surface area contributed by atoms with Crippen LogP contribution in [0.25, 0.3) is 21.5 Å². The van der Waals surface area contributed by atoms with Gasteiger partial charge in [0.15, 0.2) is 0 Å². The van der Waals surface area contributed by atoms with E-state index in [1.54, 1.807) is 37.3 Å². The van der Waals surface area contributed by atoms with Gasteiger partial charge in [0.2, 0.25) is 17.7 Å². The van der Waals surface area contributed by atoms with Crippen molar-refractivity contribution in [1.29, 1.82) is 0 Å². The number of nitrogens with one attached hydrogen (secondary N) is 1. The molecule has 11 heteroatoms. The van der Waals surface area contributed by atoms with Crippen LogP contribution in [0.4, 0.5) is 0 Å². The topological polar surface area (TPSA) is 120 Å². The number of pyridine rings is 1. The van der Waals surface area contributed by atoms with Gasteiger partial charge in [0.25, 0.3) is 0 Å². The fourth-order valence-corrected chi connectivity index (χ4v) is 7.96. The van der Waals surface area contributed by atoms with E-state index in [9.17, 15) is 14.4 Å². The zero-order valence-corrected chi connectivity index (χ0v) is 28.0. The molecule has 248 valence electrons. The van der Waals surface area contributed by atoms with Crippen LogP contribution in [0.5, 0.6) is 11.6 Å². The van der Waals surface area contributed by atoms with Crippen LogP contribution in [0.2, 0.25) is 0 Å². The molecule has 4 aliphatic rings. The lowest BCUT2D eigenvalue weighted by molar-refractivity contribution is -0.150. The van der Waals surface area contributed by atoms with E-state index in [0.29, 0.717) is 43.3 Å². The normalized spacial score (nSPS) is 28.5. The van der Waals surface area contributed by atoms with Crippen LogP contribution in [-0.4, -0.2) is 71.6 Å². The number of benzene rings is 1. The van der Waals surface area contributed by atoms with Crippen molar-refractivity contribution in [3.8, 4) is 22.3 Å². The van der Waals surface area contributed by atoms with E-state index in [4.69, 9.17) is 24.2 Å². The summed E-state index contributed by atoms with van der Waals surface area (Å²) in [5.41, 5.74) is 0.733. The molecule has 5 atom stereocenters. The van der Waals surface area contributed by atoms with Gasteiger partial charge in [-0.2, -0.15) is 0 Å². The van der Waals surface area contributed by atoms with E-state index >= 15 is 0 Å². The first-order valence-corrected chi connectivity index (χ1v) is 17.7. The van der Waals surface area contributed by atoms with E-state index in [0.717, 1.165) is 46.5 Å². The number of fused-ring (bicyclic) bond motifs is 3. The molecule has 1 aromatic carbocycles. The molecule has 1 N–H and O–H groups in total. The number of esters is 1. The molecule has 0 bridgehead atoms. The van der Waals surface area contributed by atoms with Gasteiger partial charge in [-0.05, 0) is 87.9 Å². The zero-order valence-electron chi connectivity index (χ0n) is 27.2. The molecular formula is C36H42N4O6S. The lowest BCUT2D eigenvalue weighted by atomic mass is 9.93. The van der Waals surface area contributed by atoms with E-state index in [2.05, 4.69) is 16.8 Å². The van der Waals surface area contributed by atoms with Crippen molar-refractivity contribution in [2.75, 3.05) is 27.3 Å². The van der Waals surface area contributed by atoms with Crippen LogP contribution in [0, 0.1) is 17.8 Å². The molecule has 3 saturated carbocycles. The molecule has 0 radical (unpaired) electrons. The average Bonchev–Trinajstić information content (AvgIpc) is 3.94. The van der Waals surface area contributed by atoms with Crippen molar-refractivity contribution in [2.24, 2.45) is 17.8 Å². The molecule has 2 amide bonds. The summed E-state index contributed by atoms with van der Waals surface area (Å²) in [6, 6.07) is 7.77. The Morgan fingerprint density at radius 2 is 1.96 bits per heavy atom. The number of thiazole rings is 1. The second-order valence-electron chi connectivity index (χ2n) is 13.4. The molecule has 3 aromatic rings. The quantitative estimate of drug-likeness (QED) is 0.255. The first kappa shape index (κ1) is 31.6. The maximum atomic E-state index is 14.0. The summed E-state index contributed by atoms with van der Waals surface area (Å²) in [5, 5.41) is 7.72. The van der Waals surface area contributed by atoms with E-state index in [-0.39, 0.29) is 24.3 Å². The van der Waals surface area contributed by atoms with Crippen LogP contribution in [-0.2, 0) is 19.1 Å². The number of hydrogen-bond donors (Lipinski definition) is 1. The van der Waals surface area contributed by atoms with Gasteiger partial charge in [0, 0.05) is 36.2 Å². The third-order valence-corrected chi connectivity index (χ3v) is 10.9. The third kappa shape index (κ3) is 6.34. The Balaban J connectivity index is 1.20. The van der Waals surface area contributed by atoms with Gasteiger partial charge in [-0.15, -0.1) is 11.3 Å². The number of carbonyl (C=O) groups is 3. The summed E-state index contributed by atoms with van der Waals surface area (Å²) in [6.45, 7) is 2.61. The number of hydrogen-bond acceptors (Lipinski definition) is 9. The first-order chi connectivity index (χ1) is 22.8. The predicted molar refractivity (Wildman–Crippen MR) is 178 cm³/mol. The van der Waals surface area contributed by atoms with Crippen molar-refractivity contribution in [3.05, 3.63) is 47.5 Å². The van der Waals surface area contributed by atoms with Gasteiger partial charge in [-0.1, -0.05) is 12.2 Å². The zero-order chi connectivity index (χ0) is 32.7. The monoisotopic (exact) mass is 658 g/mol. The smallest absolute Gasteiger partial charge is 0.332 e. The number of allylic oxidation sites excluding steroid dienone is 1. The van der Waals surface area contributed by atoms with Crippen molar-refractivity contribution in [3.63, 3.8) is 0 Å². The Bertz CT molecular complexity index is 1720. The lowest BCUT2D eigenvalue weighted by Crippen LogP contribution is -2.50. The minimum absolute atomic E-state index is 0.0759. The number of carbonyl (C=O) groups excluding carboxylic acids is 3. The van der Waals surface area contributed by atoms with Crippen molar-refractivity contribution < 1.29 is 28.6 Å². The molecule has 1 aliphatic heterocycles. The van der Waals surface area contributed by atoms with Crippen LogP contribution in [0.1, 0.15) is 69.9 Å². The minimum Gasteiger partial charge on any atom is -0.497 e. The minimum atomic E-state index is -1.09. The Hall–Kier alpha value is -3.99. The molecule has 2 aromatic heterocycles. The van der Waals surface area contributed by atoms with Crippen molar-refractivity contribution >= 4 is 39.9 Å². The Morgan fingerprint density at radius 3 is 2.74 bits per heavy atom. The highest BCUT2D eigenvalue weighted by Crippen LogP contribution is 2.47. The third-order valence-electron chi connectivity index (χ3n) is 10.1. The van der Waals surface area contributed by atoms with Crippen LogP contribution in [0.3, 0.4) is 0 Å². The molecule has 0 spiro atoms. The summed E-state index contributed by atoms with van der Waals surface area (Å²) in [4.78, 5) is 52.6. The standard InChI is InChI=1S/C36H42N4O6S/c1-4-45-35(43)36-19-23(36)9-7-5-6-8-14-40(2)34(42)28-18-25(17-27(28)31(41)39-36)46-32-26-13-12-24(44-3)15-22(26)16-29(37-32)33-38-30(20-47-33)21-10-11-21/h7,9,12-13,15-16,20-21,23,25,27-28H,4-6,8,10-11,14,17-19H2,1-3H3,(H,39,41)/b9-7-/t23-,25+,27+,28+,36+/m0/s1. The van der Waals surface area contributed by atoms with Gasteiger partial charge >= 0.3 is 5.97 Å². The summed E-state index contributed by atoms with van der Waals surface area (Å²) < 4.78 is 17.6.